The monoisotopic (exact) mass is 1420 g/mol. The third kappa shape index (κ3) is 32.1. The molecule has 1 aromatic carbocycles. The van der Waals surface area contributed by atoms with Crippen LogP contribution in [0.4, 0.5) is 0 Å². The van der Waals surface area contributed by atoms with E-state index in [1.807, 2.05) is 27.7 Å². The molecule has 0 bridgehead atoms. The molecule has 4 unspecified atom stereocenters. The third-order valence-electron chi connectivity index (χ3n) is 17.7. The Kier molecular flexibility index (Phi) is 38.5. The number of aromatic amines is 1. The van der Waals surface area contributed by atoms with Crippen LogP contribution in [0.15, 0.2) is 46.8 Å². The van der Waals surface area contributed by atoms with E-state index in [0.717, 1.165) is 19.8 Å². The van der Waals surface area contributed by atoms with Crippen LogP contribution in [0, 0.1) is 41.4 Å². The summed E-state index contributed by atoms with van der Waals surface area (Å²) in [5.41, 5.74) is 40.3. The van der Waals surface area contributed by atoms with Crippen molar-refractivity contribution in [3.63, 3.8) is 0 Å². The number of phenols is 1. The number of aliphatic hydroxyl groups excluding tert-OH is 1. The summed E-state index contributed by atoms with van der Waals surface area (Å²) in [6.45, 7) is 11.4. The lowest BCUT2D eigenvalue weighted by Crippen LogP contribution is -2.58. The van der Waals surface area contributed by atoms with E-state index in [1.54, 1.807) is 6.92 Å². The Balaban J connectivity index is 1.96. The van der Waals surface area contributed by atoms with Crippen LogP contribution in [0.1, 0.15) is 175 Å². The smallest absolute Gasteiger partial charge is 0.304 e. The summed E-state index contributed by atoms with van der Waals surface area (Å²) in [4.78, 5) is 185. The zero-order chi connectivity index (χ0) is 75.5. The summed E-state index contributed by atoms with van der Waals surface area (Å²) >= 11 is 0. The number of aromatic hydroxyl groups is 1. The second-order valence-corrected chi connectivity index (χ2v) is 27.4. The number of amides is 7. The van der Waals surface area contributed by atoms with Crippen LogP contribution in [0.3, 0.4) is 0 Å². The summed E-state index contributed by atoms with van der Waals surface area (Å²) in [5, 5.41) is 44.9. The molecule has 0 saturated carbocycles. The molecular formula is C69H113N17O15. The molecule has 2 aromatic rings. The number of nitrogens with two attached hydrogens (primary N) is 7. The van der Waals surface area contributed by atoms with Gasteiger partial charge in [-0.2, -0.15) is 0 Å². The lowest BCUT2D eigenvalue weighted by Gasteiger charge is -2.31. The Bertz CT molecular complexity index is 3080. The highest BCUT2D eigenvalue weighted by molar-refractivity contribution is 6.00. The number of guanidine groups is 2. The fraction of sp³-hybridized carbons (Fsp3) is 0.667. The molecule has 101 heavy (non-hydrogen) atoms. The van der Waals surface area contributed by atoms with Gasteiger partial charge >= 0.3 is 5.97 Å². The highest BCUT2D eigenvalue weighted by atomic mass is 16.4. The van der Waals surface area contributed by atoms with Crippen molar-refractivity contribution in [1.82, 2.24) is 41.5 Å². The summed E-state index contributed by atoms with van der Waals surface area (Å²) in [5.74, 6) is -15.1. The van der Waals surface area contributed by atoms with Crippen LogP contribution < -0.4 is 66.7 Å². The number of imidazole rings is 1. The average Bonchev–Trinajstić information content (AvgIpc) is 1.77. The number of phenolic OH excluding ortho intramolecular Hbond substituents is 1. The molecule has 1 aromatic heterocycles. The molecule has 7 amide bonds. The topological polar surface area (TPSA) is 564 Å². The van der Waals surface area contributed by atoms with Gasteiger partial charge in [-0.15, -0.1) is 0 Å². The van der Waals surface area contributed by atoms with Crippen LogP contribution >= 0.6 is 0 Å². The molecule has 1 fully saturated rings. The van der Waals surface area contributed by atoms with Gasteiger partial charge in [-0.25, -0.2) is 4.98 Å². The number of H-pyrrole nitrogens is 1. The number of carbonyl (C=O) groups excluding carboxylic acids is 11. The minimum absolute atomic E-state index is 0.0142. The van der Waals surface area contributed by atoms with Crippen molar-refractivity contribution in [2.45, 2.75) is 219 Å². The number of aliphatic hydroxyl groups is 1. The van der Waals surface area contributed by atoms with Gasteiger partial charge in [0, 0.05) is 87.3 Å². The first-order chi connectivity index (χ1) is 47.7. The van der Waals surface area contributed by atoms with Crippen molar-refractivity contribution in [1.29, 1.82) is 0 Å². The Morgan fingerprint density at radius 1 is 0.574 bits per heavy atom. The van der Waals surface area contributed by atoms with E-state index in [0.29, 0.717) is 43.5 Å². The molecule has 0 radical (unpaired) electrons. The number of aliphatic imine (C=N–C) groups is 2. The van der Waals surface area contributed by atoms with Crippen LogP contribution in [0.25, 0.3) is 0 Å². The second kappa shape index (κ2) is 45.1. The fourth-order valence-electron chi connectivity index (χ4n) is 12.2. The van der Waals surface area contributed by atoms with Gasteiger partial charge in [0.2, 0.25) is 41.4 Å². The quantitative estimate of drug-likeness (QED) is 0.0236. The van der Waals surface area contributed by atoms with Gasteiger partial charge in [0.05, 0.1) is 42.9 Å². The number of carboxylic acid groups (broad SMARTS) is 1. The predicted molar refractivity (Wildman–Crippen MR) is 378 cm³/mol. The van der Waals surface area contributed by atoms with E-state index in [2.05, 4.69) is 46.5 Å². The summed E-state index contributed by atoms with van der Waals surface area (Å²) in [6.07, 6.45) is 1.75. The van der Waals surface area contributed by atoms with Crippen LogP contribution in [0.2, 0.25) is 0 Å². The first-order valence-corrected chi connectivity index (χ1v) is 35.1. The number of Topliss-reactive ketones (excluding diaryl/α,β-unsaturated/α-hetero) is 4. The maximum absolute atomic E-state index is 14.8. The van der Waals surface area contributed by atoms with E-state index >= 15 is 0 Å². The van der Waals surface area contributed by atoms with Crippen molar-refractivity contribution in [2.75, 3.05) is 32.7 Å². The van der Waals surface area contributed by atoms with Crippen molar-refractivity contribution >= 4 is 82.4 Å². The number of hydrogen-bond donors (Lipinski definition) is 16. The van der Waals surface area contributed by atoms with Gasteiger partial charge in [-0.1, -0.05) is 53.2 Å². The molecule has 3 rings (SSSR count). The number of likely N-dealkylation sites (tertiary alicyclic amines) is 1. The molecule has 0 aliphatic carbocycles. The number of aromatic nitrogens is 2. The molecule has 1 saturated heterocycles. The Hall–Kier alpha value is -8.91. The van der Waals surface area contributed by atoms with Crippen LogP contribution in [-0.2, 0) is 70.4 Å². The van der Waals surface area contributed by atoms with Crippen molar-refractivity contribution in [3.05, 3.63) is 48.0 Å². The molecule has 23 N–H and O–H groups in total. The maximum atomic E-state index is 14.8. The zero-order valence-corrected chi connectivity index (χ0v) is 59.5. The van der Waals surface area contributed by atoms with Gasteiger partial charge in [-0.05, 0) is 139 Å². The molecule has 1 aliphatic heterocycles. The lowest BCUT2D eigenvalue weighted by molar-refractivity contribution is -0.144. The SMILES string of the molecule is CC(C)C[C@H](CC(=O)C(CCCN=C(N)N)NC(=O)[C@@H](CC(=O)C(CCCCN)NC(=O)[C@H](CC(=O)O)CC(=O)C(NC(=O)C(Cc1cnc[nH]1)NC(=O)[C@H]1CCCN1C(=O)[C@H](CCCN=C(N)N)CC(=O)[C@H](CC(C)C)NC(=O)[C@@H](C)CCCCN)[C@@H](C)O)Cc1ccc(O)cc1)C(N)=O. The number of carboxylic acids is 1. The van der Waals surface area contributed by atoms with Crippen LogP contribution in [0.5, 0.6) is 5.75 Å². The number of carbonyl (C=O) groups is 12. The summed E-state index contributed by atoms with van der Waals surface area (Å²) in [7, 11) is 0. The standard InChI is InChI=1S/C69H113N17O15/c1-39(2)28-45(61(72)95)32-55(89)51(17-12-26-79-69(75)76)82-63(97)46(30-43-19-21-49(88)22-20-43)33-56(90)50(16-8-10-24-71)81-64(98)47(35-59(93)94)34-58(92)60(42(6)87)85-65(99)53(36-48-37-77-38-80-48)84-66(100)54-18-13-27-86(54)67(101)44(15-11-25-78-68(73)74)31-57(91)52(29-40(3)4)83-62(96)41(5)14-7-9-23-70/h19-22,37-42,44-47,50-54,60,87-88H,7-18,23-36,70-71H2,1-6H3,(H2,72,95)(H,77,80)(H,81,98)(H,82,97)(H,83,96)(H,84,100)(H,85,99)(H,93,94)(H4,73,74,78)(H4,75,76,79)/t41-,42+,44+,45+,46+,47-,50?,51?,52-,53?,54+,60?/m0/s1. The Morgan fingerprint density at radius 2 is 1.10 bits per heavy atom. The molecular weight excluding hydrogens is 1310 g/mol. The van der Waals surface area contributed by atoms with Crippen LogP contribution in [-0.4, -0.2) is 188 Å². The van der Waals surface area contributed by atoms with E-state index in [9.17, 15) is 72.9 Å². The molecule has 32 nitrogen and oxygen atoms in total. The normalized spacial score (nSPS) is 16.1. The molecule has 564 valence electrons. The third-order valence-corrected chi connectivity index (χ3v) is 17.7. The number of rotatable bonds is 51. The highest BCUT2D eigenvalue weighted by Crippen LogP contribution is 2.27. The number of hydrogen-bond acceptors (Lipinski definition) is 19. The summed E-state index contributed by atoms with van der Waals surface area (Å²) in [6, 6.07) is -2.29. The predicted octanol–water partition coefficient (Wildman–Crippen LogP) is 0.0514. The maximum Gasteiger partial charge on any atom is 0.304 e. The van der Waals surface area contributed by atoms with Crippen molar-refractivity contribution in [2.24, 2.45) is 91.5 Å². The molecule has 2 heterocycles. The van der Waals surface area contributed by atoms with Gasteiger partial charge < -0.3 is 91.9 Å². The van der Waals surface area contributed by atoms with E-state index in [4.69, 9.17) is 40.1 Å². The van der Waals surface area contributed by atoms with Gasteiger partial charge in [0.1, 0.15) is 23.9 Å². The molecule has 12 atom stereocenters. The zero-order valence-electron chi connectivity index (χ0n) is 59.5. The van der Waals surface area contributed by atoms with Gasteiger partial charge in [-0.3, -0.25) is 67.5 Å². The number of aliphatic carboxylic acids is 1. The summed E-state index contributed by atoms with van der Waals surface area (Å²) < 4.78 is 0. The van der Waals surface area contributed by atoms with Gasteiger partial charge in [0.15, 0.2) is 35.1 Å². The first kappa shape index (κ1) is 86.3. The minimum Gasteiger partial charge on any atom is -0.508 e. The number of nitrogens with zero attached hydrogens (tertiary/aromatic N) is 4. The highest BCUT2D eigenvalue weighted by Gasteiger charge is 2.42. The number of nitrogens with one attached hydrogen (secondary N) is 6. The molecule has 1 aliphatic rings. The van der Waals surface area contributed by atoms with E-state index < -0.39 is 150 Å². The van der Waals surface area contributed by atoms with E-state index in [-0.39, 0.29) is 144 Å². The number of unbranched alkanes of at least 4 members (excludes halogenated alkanes) is 2. The Labute approximate surface area is 591 Å². The Morgan fingerprint density at radius 3 is 1.63 bits per heavy atom. The van der Waals surface area contributed by atoms with Gasteiger partial charge in [0.25, 0.3) is 0 Å². The molecule has 0 spiro atoms. The largest absolute Gasteiger partial charge is 0.508 e. The van der Waals surface area contributed by atoms with E-state index in [1.165, 1.54) is 41.7 Å². The fourth-order valence-corrected chi connectivity index (χ4v) is 12.2. The minimum atomic E-state index is -1.83. The second-order valence-electron chi connectivity index (χ2n) is 27.4. The first-order valence-electron chi connectivity index (χ1n) is 35.1. The van der Waals surface area contributed by atoms with Crippen molar-refractivity contribution < 1.29 is 72.9 Å². The average molecular weight is 1420 g/mol. The van der Waals surface area contributed by atoms with Crippen molar-refractivity contribution in [3.8, 4) is 5.75 Å². The molecule has 32 heteroatoms. The number of primary amides is 1. The number of benzene rings is 1. The lowest BCUT2D eigenvalue weighted by atomic mass is 9.87. The number of ketones is 4.